The van der Waals surface area contributed by atoms with Crippen molar-refractivity contribution in [3.8, 4) is 11.5 Å². The van der Waals surface area contributed by atoms with Gasteiger partial charge in [0.05, 0.1) is 20.1 Å². The van der Waals surface area contributed by atoms with E-state index < -0.39 is 5.97 Å². The zero-order valence-corrected chi connectivity index (χ0v) is 10.2. The number of rotatable bonds is 3. The van der Waals surface area contributed by atoms with E-state index in [1.165, 1.54) is 0 Å². The molecule has 2 atom stereocenters. The van der Waals surface area contributed by atoms with Crippen LogP contribution in [0.1, 0.15) is 24.0 Å². The minimum Gasteiger partial charge on any atom is -0.493 e. The lowest BCUT2D eigenvalue weighted by atomic mass is 9.95. The van der Waals surface area contributed by atoms with E-state index in [2.05, 4.69) is 0 Å². The highest BCUT2D eigenvalue weighted by molar-refractivity contribution is 5.74. The molecule has 2 rings (SSSR count). The van der Waals surface area contributed by atoms with Gasteiger partial charge in [0.2, 0.25) is 0 Å². The molecule has 0 aliphatic heterocycles. The monoisotopic (exact) mass is 236 g/mol. The topological polar surface area (TPSA) is 55.8 Å². The maximum Gasteiger partial charge on any atom is 0.307 e. The third-order valence-electron chi connectivity index (χ3n) is 3.50. The summed E-state index contributed by atoms with van der Waals surface area (Å²) in [4.78, 5) is 11.1. The Kier molecular flexibility index (Phi) is 2.96. The standard InChI is InChI=1S/C13H16O4/c1-7-9-6-12(17-3)11(16-2)5-8(9)4-10(7)13(14)15/h5-7,10H,4H2,1-3H3,(H,14,15)/t7-,10-/m0/s1. The Morgan fingerprint density at radius 1 is 1.29 bits per heavy atom. The lowest BCUT2D eigenvalue weighted by Crippen LogP contribution is -2.16. The molecule has 92 valence electrons. The Balaban J connectivity index is 2.45. The second-order valence-corrected chi connectivity index (χ2v) is 4.34. The highest BCUT2D eigenvalue weighted by Gasteiger charge is 2.35. The maximum atomic E-state index is 11.1. The van der Waals surface area contributed by atoms with Gasteiger partial charge in [-0.3, -0.25) is 4.79 Å². The molecule has 1 aliphatic rings. The molecule has 0 saturated carbocycles. The lowest BCUT2D eigenvalue weighted by molar-refractivity contribution is -0.142. The summed E-state index contributed by atoms with van der Waals surface area (Å²) in [5.41, 5.74) is 2.10. The van der Waals surface area contributed by atoms with E-state index >= 15 is 0 Å². The average molecular weight is 236 g/mol. The number of carbonyl (C=O) groups is 1. The Morgan fingerprint density at radius 3 is 2.41 bits per heavy atom. The summed E-state index contributed by atoms with van der Waals surface area (Å²) in [6.07, 6.45) is 0.562. The normalized spacial score (nSPS) is 22.1. The fraction of sp³-hybridized carbons (Fsp3) is 0.462. The number of hydrogen-bond donors (Lipinski definition) is 1. The quantitative estimate of drug-likeness (QED) is 0.872. The van der Waals surface area contributed by atoms with Crippen molar-refractivity contribution >= 4 is 5.97 Å². The van der Waals surface area contributed by atoms with Gasteiger partial charge in [-0.15, -0.1) is 0 Å². The van der Waals surface area contributed by atoms with Crippen LogP contribution in [-0.2, 0) is 11.2 Å². The van der Waals surface area contributed by atoms with E-state index in [1.807, 2.05) is 19.1 Å². The predicted octanol–water partition coefficient (Wildman–Crippen LogP) is 2.06. The lowest BCUT2D eigenvalue weighted by Gasteiger charge is -2.12. The molecule has 17 heavy (non-hydrogen) atoms. The van der Waals surface area contributed by atoms with E-state index in [1.54, 1.807) is 14.2 Å². The number of methoxy groups -OCH3 is 2. The van der Waals surface area contributed by atoms with E-state index in [9.17, 15) is 4.79 Å². The summed E-state index contributed by atoms with van der Waals surface area (Å²) in [5, 5.41) is 9.15. The molecule has 0 unspecified atom stereocenters. The summed E-state index contributed by atoms with van der Waals surface area (Å²) in [5.74, 6) is 0.240. The molecule has 0 spiro atoms. The van der Waals surface area contributed by atoms with Crippen LogP contribution in [0.3, 0.4) is 0 Å². The number of aliphatic carboxylic acids is 1. The number of benzene rings is 1. The van der Waals surface area contributed by atoms with Gasteiger partial charge in [0.1, 0.15) is 0 Å². The Morgan fingerprint density at radius 2 is 1.88 bits per heavy atom. The second kappa shape index (κ2) is 4.28. The van der Waals surface area contributed by atoms with Crippen molar-refractivity contribution in [1.82, 2.24) is 0 Å². The number of hydrogen-bond acceptors (Lipinski definition) is 3. The van der Waals surface area contributed by atoms with Crippen LogP contribution in [-0.4, -0.2) is 25.3 Å². The van der Waals surface area contributed by atoms with Crippen molar-refractivity contribution in [3.05, 3.63) is 23.3 Å². The van der Waals surface area contributed by atoms with E-state index in [-0.39, 0.29) is 11.8 Å². The fourth-order valence-corrected chi connectivity index (χ4v) is 2.47. The molecule has 0 radical (unpaired) electrons. The van der Waals surface area contributed by atoms with E-state index in [4.69, 9.17) is 14.6 Å². The van der Waals surface area contributed by atoms with Crippen LogP contribution < -0.4 is 9.47 Å². The zero-order chi connectivity index (χ0) is 12.6. The highest BCUT2D eigenvalue weighted by atomic mass is 16.5. The van der Waals surface area contributed by atoms with Crippen molar-refractivity contribution < 1.29 is 19.4 Å². The number of carboxylic acids is 1. The number of carboxylic acid groups (broad SMARTS) is 1. The molecular weight excluding hydrogens is 220 g/mol. The van der Waals surface area contributed by atoms with Gasteiger partial charge in [0.15, 0.2) is 11.5 Å². The minimum atomic E-state index is -0.744. The van der Waals surface area contributed by atoms with Gasteiger partial charge in [0.25, 0.3) is 0 Å². The first-order valence-electron chi connectivity index (χ1n) is 5.56. The molecule has 1 aliphatic carbocycles. The van der Waals surface area contributed by atoms with E-state index in [0.29, 0.717) is 17.9 Å². The van der Waals surface area contributed by atoms with Gasteiger partial charge in [-0.05, 0) is 35.6 Å². The second-order valence-electron chi connectivity index (χ2n) is 4.34. The van der Waals surface area contributed by atoms with Gasteiger partial charge < -0.3 is 14.6 Å². The third kappa shape index (κ3) is 1.84. The average Bonchev–Trinajstić information content (AvgIpc) is 2.64. The summed E-state index contributed by atoms with van der Waals surface area (Å²) in [7, 11) is 3.16. The number of fused-ring (bicyclic) bond motifs is 1. The van der Waals surface area contributed by atoms with Gasteiger partial charge in [-0.1, -0.05) is 6.92 Å². The van der Waals surface area contributed by atoms with Crippen molar-refractivity contribution in [1.29, 1.82) is 0 Å². The molecule has 1 N–H and O–H groups in total. The van der Waals surface area contributed by atoms with Gasteiger partial charge in [-0.2, -0.15) is 0 Å². The molecule has 0 fully saturated rings. The summed E-state index contributed by atoms with van der Waals surface area (Å²) < 4.78 is 10.5. The SMILES string of the molecule is COc1cc2c(cc1OC)[C@H](C)[C@@H](C(=O)O)C2. The Bertz CT molecular complexity index is 453. The van der Waals surface area contributed by atoms with Gasteiger partial charge >= 0.3 is 5.97 Å². The summed E-state index contributed by atoms with van der Waals surface area (Å²) in [6.45, 7) is 1.94. The van der Waals surface area contributed by atoms with Crippen molar-refractivity contribution in [2.45, 2.75) is 19.3 Å². The molecule has 4 heteroatoms. The van der Waals surface area contributed by atoms with Crippen LogP contribution in [0.2, 0.25) is 0 Å². The van der Waals surface area contributed by atoms with Crippen molar-refractivity contribution in [2.24, 2.45) is 5.92 Å². The molecule has 1 aromatic rings. The first-order valence-corrected chi connectivity index (χ1v) is 5.56. The number of ether oxygens (including phenoxy) is 2. The molecule has 0 bridgehead atoms. The molecule has 0 saturated heterocycles. The maximum absolute atomic E-state index is 11.1. The zero-order valence-electron chi connectivity index (χ0n) is 10.2. The first kappa shape index (κ1) is 11.8. The van der Waals surface area contributed by atoms with Crippen LogP contribution in [0.5, 0.6) is 11.5 Å². The predicted molar refractivity (Wildman–Crippen MR) is 62.8 cm³/mol. The van der Waals surface area contributed by atoms with Crippen molar-refractivity contribution in [2.75, 3.05) is 14.2 Å². The first-order chi connectivity index (χ1) is 8.08. The molecule has 0 aromatic heterocycles. The third-order valence-corrected chi connectivity index (χ3v) is 3.50. The fourth-order valence-electron chi connectivity index (χ4n) is 2.47. The summed E-state index contributed by atoms with van der Waals surface area (Å²) >= 11 is 0. The smallest absolute Gasteiger partial charge is 0.307 e. The highest BCUT2D eigenvalue weighted by Crippen LogP contribution is 2.43. The van der Waals surface area contributed by atoms with E-state index in [0.717, 1.165) is 11.1 Å². The van der Waals surface area contributed by atoms with Crippen molar-refractivity contribution in [3.63, 3.8) is 0 Å². The molecule has 0 amide bonds. The van der Waals surface area contributed by atoms with Crippen LogP contribution in [0.15, 0.2) is 12.1 Å². The van der Waals surface area contributed by atoms with Gasteiger partial charge in [-0.25, -0.2) is 0 Å². The van der Waals surface area contributed by atoms with Crippen LogP contribution in [0.4, 0.5) is 0 Å². The minimum absolute atomic E-state index is 0.0160. The Labute approximate surface area is 100 Å². The van der Waals surface area contributed by atoms with Crippen LogP contribution in [0.25, 0.3) is 0 Å². The van der Waals surface area contributed by atoms with Gasteiger partial charge in [0, 0.05) is 0 Å². The molecular formula is C13H16O4. The molecule has 1 aromatic carbocycles. The molecule has 4 nitrogen and oxygen atoms in total. The largest absolute Gasteiger partial charge is 0.493 e. The van der Waals surface area contributed by atoms with Crippen LogP contribution in [0, 0.1) is 5.92 Å². The Hall–Kier alpha value is -1.71. The van der Waals surface area contributed by atoms with Crippen LogP contribution >= 0.6 is 0 Å². The molecule has 0 heterocycles. The summed E-state index contributed by atoms with van der Waals surface area (Å²) in [6, 6.07) is 3.77.